The van der Waals surface area contributed by atoms with E-state index in [0.29, 0.717) is 28.8 Å². The fraction of sp³-hybridized carbons (Fsp3) is 0.0500. The molecule has 0 saturated carbocycles. The van der Waals surface area contributed by atoms with Gasteiger partial charge >= 0.3 is 0 Å². The van der Waals surface area contributed by atoms with Crippen LogP contribution in [0.5, 0.6) is 0 Å². The number of nitrogens with zero attached hydrogens (tertiary/aromatic N) is 2. The summed E-state index contributed by atoms with van der Waals surface area (Å²) in [5.74, 6) is -0.460. The Morgan fingerprint density at radius 1 is 1.00 bits per heavy atom. The van der Waals surface area contributed by atoms with E-state index in [4.69, 9.17) is 5.26 Å². The number of pyridine rings is 1. The van der Waals surface area contributed by atoms with Crippen molar-refractivity contribution in [3.63, 3.8) is 0 Å². The Kier molecular flexibility index (Phi) is 5.99. The Bertz CT molecular complexity index is 919. The van der Waals surface area contributed by atoms with Crippen molar-refractivity contribution >= 4 is 5.78 Å². The molecule has 0 aliphatic rings. The third-order valence-electron chi connectivity index (χ3n) is 3.72. The van der Waals surface area contributed by atoms with Crippen LogP contribution in [0.3, 0.4) is 0 Å². The van der Waals surface area contributed by atoms with Crippen LogP contribution in [0.25, 0.3) is 0 Å². The summed E-state index contributed by atoms with van der Waals surface area (Å²) < 4.78 is 15.7. The van der Waals surface area contributed by atoms with Crippen molar-refractivity contribution < 1.29 is 26.2 Å². The van der Waals surface area contributed by atoms with Crippen LogP contribution in [0.4, 0.5) is 4.39 Å². The van der Waals surface area contributed by atoms with Gasteiger partial charge in [0.15, 0.2) is 24.7 Å². The summed E-state index contributed by atoms with van der Waals surface area (Å²) in [4.78, 5) is 12.3. The molecule has 124 valence electrons. The van der Waals surface area contributed by atoms with Crippen molar-refractivity contribution in [2.45, 2.75) is 6.54 Å². The van der Waals surface area contributed by atoms with Crippen LogP contribution < -0.4 is 17.0 Å². The average molecular weight is 353 g/mol. The summed E-state index contributed by atoms with van der Waals surface area (Å²) in [7, 11) is 0. The van der Waals surface area contributed by atoms with Gasteiger partial charge in [0.1, 0.15) is 5.82 Å². The molecule has 5 heteroatoms. The van der Waals surface area contributed by atoms with Gasteiger partial charge in [-0.3, -0.25) is 4.79 Å². The first-order valence-corrected chi connectivity index (χ1v) is 7.45. The van der Waals surface area contributed by atoms with Crippen molar-refractivity contribution in [1.29, 1.82) is 5.26 Å². The fourth-order valence-corrected chi connectivity index (χ4v) is 2.41. The second-order valence-electron chi connectivity index (χ2n) is 5.37. The molecule has 2 aromatic carbocycles. The maximum Gasteiger partial charge on any atom is 0.193 e. The van der Waals surface area contributed by atoms with E-state index in [1.165, 1.54) is 6.07 Å². The van der Waals surface area contributed by atoms with Crippen LogP contribution in [0.15, 0.2) is 73.1 Å². The van der Waals surface area contributed by atoms with Gasteiger partial charge in [0, 0.05) is 23.3 Å². The fourth-order valence-electron chi connectivity index (χ4n) is 2.41. The van der Waals surface area contributed by atoms with E-state index < -0.39 is 5.82 Å². The van der Waals surface area contributed by atoms with Gasteiger partial charge in [-0.2, -0.15) is 5.26 Å². The monoisotopic (exact) mass is 352 g/mol. The normalized spacial score (nSPS) is 9.76. The van der Waals surface area contributed by atoms with Crippen LogP contribution in [0, 0.1) is 17.1 Å². The molecule has 0 amide bonds. The lowest BCUT2D eigenvalue weighted by molar-refractivity contribution is -0.688. The molecule has 3 nitrogen and oxygen atoms in total. The molecule has 1 heterocycles. The number of hydrogen-bond acceptors (Lipinski definition) is 2. The third-order valence-corrected chi connectivity index (χ3v) is 3.72. The molecule has 0 spiro atoms. The zero-order valence-corrected chi connectivity index (χ0v) is 13.9. The highest BCUT2D eigenvalue weighted by Crippen LogP contribution is 2.11. The van der Waals surface area contributed by atoms with Crippen LogP contribution in [0.1, 0.15) is 27.0 Å². The molecule has 3 rings (SSSR count). The second-order valence-corrected chi connectivity index (χ2v) is 5.37. The van der Waals surface area contributed by atoms with Gasteiger partial charge < -0.3 is 12.4 Å². The number of carbonyl (C=O) groups excluding carboxylic acids is 1. The first-order chi connectivity index (χ1) is 11.7. The second kappa shape index (κ2) is 8.18. The third kappa shape index (κ3) is 4.28. The molecule has 0 saturated heterocycles. The zero-order valence-electron chi connectivity index (χ0n) is 13.2. The Morgan fingerprint density at radius 3 is 2.24 bits per heavy atom. The summed E-state index contributed by atoms with van der Waals surface area (Å²) in [5, 5.41) is 8.77. The number of halogens is 2. The van der Waals surface area contributed by atoms with Crippen molar-refractivity contribution in [3.05, 3.63) is 101 Å². The van der Waals surface area contributed by atoms with E-state index in [-0.39, 0.29) is 18.2 Å². The molecule has 0 N–H and O–H groups in total. The SMILES string of the molecule is N#Cc1ccc(C[n+]2ccc(C(=O)c3ccccc3)cc2)c(F)c1.[Cl-]. The number of hydrogen-bond donors (Lipinski definition) is 0. The molecule has 0 fully saturated rings. The van der Waals surface area contributed by atoms with Crippen molar-refractivity contribution in [1.82, 2.24) is 0 Å². The lowest BCUT2D eigenvalue weighted by Gasteiger charge is -2.02. The Labute approximate surface area is 151 Å². The summed E-state index contributed by atoms with van der Waals surface area (Å²) in [6, 6.07) is 18.8. The average Bonchev–Trinajstić information content (AvgIpc) is 2.64. The van der Waals surface area contributed by atoms with E-state index in [2.05, 4.69) is 0 Å². The summed E-state index contributed by atoms with van der Waals surface area (Å²) in [6.45, 7) is 0.331. The van der Waals surface area contributed by atoms with E-state index in [1.807, 2.05) is 24.3 Å². The standard InChI is InChI=1S/C20H14FN2O.ClH/c21-19-12-15(13-22)6-7-18(19)14-23-10-8-17(9-11-23)20(24)16-4-2-1-3-5-16;/h1-12H,14H2;1H/q+1;/p-1. The molecular formula is C20H14ClFN2O. The molecule has 0 bridgehead atoms. The molecule has 25 heavy (non-hydrogen) atoms. The van der Waals surface area contributed by atoms with Gasteiger partial charge in [0.2, 0.25) is 0 Å². The van der Waals surface area contributed by atoms with E-state index >= 15 is 0 Å². The molecule has 1 aromatic heterocycles. The lowest BCUT2D eigenvalue weighted by atomic mass is 10.0. The summed E-state index contributed by atoms with van der Waals surface area (Å²) in [6.07, 6.45) is 3.49. The van der Waals surface area contributed by atoms with E-state index in [9.17, 15) is 9.18 Å². The van der Waals surface area contributed by atoms with Crippen LogP contribution in [0.2, 0.25) is 0 Å². The van der Waals surface area contributed by atoms with E-state index in [0.717, 1.165) is 0 Å². The highest BCUT2D eigenvalue weighted by Gasteiger charge is 2.12. The highest BCUT2D eigenvalue weighted by atomic mass is 35.5. The maximum absolute atomic E-state index is 13.9. The van der Waals surface area contributed by atoms with Gasteiger partial charge in [0.25, 0.3) is 0 Å². The van der Waals surface area contributed by atoms with Crippen molar-refractivity contribution in [3.8, 4) is 6.07 Å². The minimum Gasteiger partial charge on any atom is -1.00 e. The first kappa shape index (κ1) is 18.3. The molecule has 3 aromatic rings. The Hall–Kier alpha value is -3.03. The number of benzene rings is 2. The number of carbonyl (C=O) groups is 1. The van der Waals surface area contributed by atoms with Crippen molar-refractivity contribution in [2.75, 3.05) is 0 Å². The minimum atomic E-state index is -0.411. The quantitative estimate of drug-likeness (QED) is 0.500. The van der Waals surface area contributed by atoms with Gasteiger partial charge in [-0.05, 0) is 18.2 Å². The molecule has 0 radical (unpaired) electrons. The van der Waals surface area contributed by atoms with Crippen LogP contribution >= 0.6 is 0 Å². The van der Waals surface area contributed by atoms with Crippen molar-refractivity contribution in [2.24, 2.45) is 0 Å². The topological polar surface area (TPSA) is 44.7 Å². The molecule has 0 aliphatic carbocycles. The molecular weight excluding hydrogens is 339 g/mol. The highest BCUT2D eigenvalue weighted by molar-refractivity contribution is 6.08. The van der Waals surface area contributed by atoms with E-state index in [1.54, 1.807) is 53.4 Å². The Morgan fingerprint density at radius 2 is 1.64 bits per heavy atom. The summed E-state index contributed by atoms with van der Waals surface area (Å²) >= 11 is 0. The van der Waals surface area contributed by atoms with Gasteiger partial charge in [-0.15, -0.1) is 0 Å². The van der Waals surface area contributed by atoms with Gasteiger partial charge in [0.05, 0.1) is 17.2 Å². The molecule has 0 atom stereocenters. The summed E-state index contributed by atoms with van der Waals surface area (Å²) in [5.41, 5.74) is 2.00. The Balaban J connectivity index is 0.00000225. The number of ketones is 1. The predicted octanol–water partition coefficient (Wildman–Crippen LogP) is 0.268. The maximum atomic E-state index is 13.9. The largest absolute Gasteiger partial charge is 1.00 e. The smallest absolute Gasteiger partial charge is 0.193 e. The number of rotatable bonds is 4. The van der Waals surface area contributed by atoms with Crippen LogP contribution in [-0.2, 0) is 6.54 Å². The van der Waals surface area contributed by atoms with Crippen LogP contribution in [-0.4, -0.2) is 5.78 Å². The predicted molar refractivity (Wildman–Crippen MR) is 86.7 cm³/mol. The lowest BCUT2D eigenvalue weighted by Crippen LogP contribution is -3.00. The molecule has 0 aliphatic heterocycles. The van der Waals surface area contributed by atoms with Gasteiger partial charge in [-0.25, -0.2) is 8.96 Å². The zero-order chi connectivity index (χ0) is 16.9. The number of nitriles is 1. The minimum absolute atomic E-state index is 0. The first-order valence-electron chi connectivity index (χ1n) is 7.45. The van der Waals surface area contributed by atoms with Gasteiger partial charge in [-0.1, -0.05) is 30.3 Å². The molecule has 0 unspecified atom stereocenters. The number of aromatic nitrogens is 1.